The van der Waals surface area contributed by atoms with Crippen LogP contribution in [0.5, 0.6) is 0 Å². The lowest BCUT2D eigenvalue weighted by atomic mass is 9.97. The molecule has 0 aromatic carbocycles. The van der Waals surface area contributed by atoms with Crippen LogP contribution in [-0.2, 0) is 4.79 Å². The highest BCUT2D eigenvalue weighted by molar-refractivity contribution is 5.80. The summed E-state index contributed by atoms with van der Waals surface area (Å²) in [4.78, 5) is 10.8. The SMILES string of the molecule is CCCCCC(CCCCC)=C(C#N)C=O. The molecule has 0 aliphatic carbocycles. The lowest BCUT2D eigenvalue weighted by Crippen LogP contribution is -1.94. The molecule has 90 valence electrons. The van der Waals surface area contributed by atoms with Crippen molar-refractivity contribution in [1.82, 2.24) is 0 Å². The molecule has 16 heavy (non-hydrogen) atoms. The van der Waals surface area contributed by atoms with Gasteiger partial charge in [-0.05, 0) is 31.3 Å². The first-order chi connectivity index (χ1) is 7.79. The second kappa shape index (κ2) is 10.4. The van der Waals surface area contributed by atoms with Crippen molar-refractivity contribution >= 4 is 6.29 Å². The van der Waals surface area contributed by atoms with Crippen molar-refractivity contribution in [2.75, 3.05) is 0 Å². The molecule has 0 aliphatic heterocycles. The Kier molecular flexibility index (Phi) is 9.70. The van der Waals surface area contributed by atoms with Gasteiger partial charge in [-0.2, -0.15) is 5.26 Å². The fourth-order valence-electron chi connectivity index (χ4n) is 1.76. The molecule has 0 N–H and O–H groups in total. The first-order valence-corrected chi connectivity index (χ1v) is 6.37. The number of hydrogen-bond acceptors (Lipinski definition) is 2. The molecule has 0 aliphatic rings. The van der Waals surface area contributed by atoms with Gasteiger partial charge in [-0.25, -0.2) is 0 Å². The van der Waals surface area contributed by atoms with E-state index < -0.39 is 0 Å². The Bertz CT molecular complexity index is 248. The van der Waals surface area contributed by atoms with Crippen molar-refractivity contribution < 1.29 is 4.79 Å². The van der Waals surface area contributed by atoms with Gasteiger partial charge in [0.05, 0.1) is 5.57 Å². The van der Waals surface area contributed by atoms with Crippen molar-refractivity contribution in [3.8, 4) is 6.07 Å². The maximum Gasteiger partial charge on any atom is 0.160 e. The van der Waals surface area contributed by atoms with Gasteiger partial charge in [0, 0.05) is 0 Å². The van der Waals surface area contributed by atoms with Gasteiger partial charge in [-0.15, -0.1) is 0 Å². The minimum absolute atomic E-state index is 0.368. The van der Waals surface area contributed by atoms with Gasteiger partial charge in [-0.3, -0.25) is 4.79 Å². The van der Waals surface area contributed by atoms with Gasteiger partial charge in [-0.1, -0.05) is 39.5 Å². The van der Waals surface area contributed by atoms with E-state index in [2.05, 4.69) is 13.8 Å². The summed E-state index contributed by atoms with van der Waals surface area (Å²) >= 11 is 0. The molecular formula is C14H23NO. The molecular weight excluding hydrogens is 198 g/mol. The fraction of sp³-hybridized carbons (Fsp3) is 0.714. The van der Waals surface area contributed by atoms with Gasteiger partial charge in [0.15, 0.2) is 6.29 Å². The molecule has 0 heterocycles. The van der Waals surface area contributed by atoms with Crippen LogP contribution in [0.25, 0.3) is 0 Å². The molecule has 0 saturated heterocycles. The lowest BCUT2D eigenvalue weighted by molar-refractivity contribution is -0.104. The normalized spacial score (nSPS) is 9.56. The average molecular weight is 221 g/mol. The van der Waals surface area contributed by atoms with Crippen molar-refractivity contribution in [2.24, 2.45) is 0 Å². The second-order valence-corrected chi connectivity index (χ2v) is 4.16. The molecule has 0 fully saturated rings. The maximum atomic E-state index is 10.8. The highest BCUT2D eigenvalue weighted by atomic mass is 16.1. The number of carbonyl (C=O) groups is 1. The zero-order chi connectivity index (χ0) is 12.2. The minimum Gasteiger partial charge on any atom is -0.297 e. The first-order valence-electron chi connectivity index (χ1n) is 6.37. The van der Waals surface area contributed by atoms with Gasteiger partial charge >= 0.3 is 0 Å². The van der Waals surface area contributed by atoms with E-state index in [9.17, 15) is 4.79 Å². The summed E-state index contributed by atoms with van der Waals surface area (Å²) in [6, 6.07) is 2.02. The lowest BCUT2D eigenvalue weighted by Gasteiger charge is -2.07. The topological polar surface area (TPSA) is 40.9 Å². The van der Waals surface area contributed by atoms with Crippen LogP contribution in [0.4, 0.5) is 0 Å². The number of carbonyl (C=O) groups excluding carboxylic acids is 1. The van der Waals surface area contributed by atoms with E-state index in [0.717, 1.165) is 31.3 Å². The van der Waals surface area contributed by atoms with Gasteiger partial charge in [0.25, 0.3) is 0 Å². The summed E-state index contributed by atoms with van der Waals surface area (Å²) in [6.07, 6.45) is 9.43. The summed E-state index contributed by atoms with van der Waals surface area (Å²) in [5, 5.41) is 8.87. The Morgan fingerprint density at radius 3 is 1.88 bits per heavy atom. The molecule has 0 aromatic heterocycles. The Morgan fingerprint density at radius 1 is 1.06 bits per heavy atom. The Balaban J connectivity index is 4.32. The zero-order valence-electron chi connectivity index (χ0n) is 10.6. The largest absolute Gasteiger partial charge is 0.297 e. The standard InChI is InChI=1S/C14H23NO/c1-3-5-7-9-13(10-8-6-4-2)14(11-15)12-16/h12H,3-10H2,1-2H3. The Labute approximate surface area is 99.3 Å². The summed E-state index contributed by atoms with van der Waals surface area (Å²) < 4.78 is 0. The summed E-state index contributed by atoms with van der Waals surface area (Å²) in [5.74, 6) is 0. The summed E-state index contributed by atoms with van der Waals surface area (Å²) in [6.45, 7) is 4.32. The smallest absolute Gasteiger partial charge is 0.160 e. The van der Waals surface area contributed by atoms with Crippen LogP contribution in [-0.4, -0.2) is 6.29 Å². The second-order valence-electron chi connectivity index (χ2n) is 4.16. The molecule has 0 amide bonds. The monoisotopic (exact) mass is 221 g/mol. The van der Waals surface area contributed by atoms with Crippen molar-refractivity contribution in [3.05, 3.63) is 11.1 Å². The molecule has 2 nitrogen and oxygen atoms in total. The number of unbranched alkanes of at least 4 members (excludes halogenated alkanes) is 4. The molecule has 0 saturated carbocycles. The molecule has 0 bridgehead atoms. The van der Waals surface area contributed by atoms with Gasteiger partial charge < -0.3 is 0 Å². The summed E-state index contributed by atoms with van der Waals surface area (Å²) in [5.41, 5.74) is 1.44. The van der Waals surface area contributed by atoms with Crippen LogP contribution in [0, 0.1) is 11.3 Å². The number of aldehydes is 1. The van der Waals surface area contributed by atoms with Gasteiger partial charge in [0.2, 0.25) is 0 Å². The molecule has 2 heteroatoms. The number of nitriles is 1. The fourth-order valence-corrected chi connectivity index (χ4v) is 1.76. The van der Waals surface area contributed by atoms with Crippen LogP contribution in [0.15, 0.2) is 11.1 Å². The molecule has 0 spiro atoms. The van der Waals surface area contributed by atoms with E-state index in [1.165, 1.54) is 25.7 Å². The van der Waals surface area contributed by atoms with Crippen LogP contribution in [0.1, 0.15) is 65.2 Å². The molecule has 0 radical (unpaired) electrons. The Morgan fingerprint density at radius 2 is 1.56 bits per heavy atom. The number of rotatable bonds is 9. The predicted octanol–water partition coefficient (Wildman–Crippen LogP) is 4.17. The van der Waals surface area contributed by atoms with Crippen LogP contribution in [0.3, 0.4) is 0 Å². The number of hydrogen-bond donors (Lipinski definition) is 0. The predicted molar refractivity (Wildman–Crippen MR) is 67.0 cm³/mol. The molecule has 0 atom stereocenters. The van der Waals surface area contributed by atoms with Gasteiger partial charge in [0.1, 0.15) is 6.07 Å². The third-order valence-corrected chi connectivity index (χ3v) is 2.78. The number of allylic oxidation sites excluding steroid dienone is 2. The summed E-state index contributed by atoms with van der Waals surface area (Å²) in [7, 11) is 0. The van der Waals surface area contributed by atoms with Crippen molar-refractivity contribution in [1.29, 1.82) is 5.26 Å². The van der Waals surface area contributed by atoms with E-state index in [-0.39, 0.29) is 0 Å². The first kappa shape index (κ1) is 14.9. The highest BCUT2D eigenvalue weighted by Gasteiger charge is 2.05. The third kappa shape index (κ3) is 6.40. The van der Waals surface area contributed by atoms with E-state index in [1.807, 2.05) is 6.07 Å². The quantitative estimate of drug-likeness (QED) is 0.254. The van der Waals surface area contributed by atoms with E-state index in [1.54, 1.807) is 0 Å². The van der Waals surface area contributed by atoms with Crippen molar-refractivity contribution in [3.63, 3.8) is 0 Å². The third-order valence-electron chi connectivity index (χ3n) is 2.78. The van der Waals surface area contributed by atoms with Crippen LogP contribution >= 0.6 is 0 Å². The molecule has 0 unspecified atom stereocenters. The van der Waals surface area contributed by atoms with E-state index >= 15 is 0 Å². The van der Waals surface area contributed by atoms with E-state index in [0.29, 0.717) is 11.9 Å². The van der Waals surface area contributed by atoms with Crippen LogP contribution in [0.2, 0.25) is 0 Å². The van der Waals surface area contributed by atoms with Crippen LogP contribution < -0.4 is 0 Å². The molecule has 0 aromatic rings. The Hall–Kier alpha value is -1.10. The van der Waals surface area contributed by atoms with E-state index in [4.69, 9.17) is 5.26 Å². The number of nitrogens with zero attached hydrogens (tertiary/aromatic N) is 1. The molecule has 0 rings (SSSR count). The zero-order valence-corrected chi connectivity index (χ0v) is 10.6. The average Bonchev–Trinajstić information content (AvgIpc) is 2.30. The maximum absolute atomic E-state index is 10.8. The van der Waals surface area contributed by atoms with Crippen molar-refractivity contribution in [2.45, 2.75) is 65.2 Å². The minimum atomic E-state index is 0.368. The highest BCUT2D eigenvalue weighted by Crippen LogP contribution is 2.19.